The van der Waals surface area contributed by atoms with Gasteiger partial charge in [0.2, 0.25) is 0 Å². The maximum absolute atomic E-state index is 13.7. The van der Waals surface area contributed by atoms with Crippen molar-refractivity contribution in [3.8, 4) is 0 Å². The van der Waals surface area contributed by atoms with E-state index in [0.29, 0.717) is 12.5 Å². The monoisotopic (exact) mass is 358 g/mol. The minimum Gasteiger partial charge on any atom is -0.352 e. The van der Waals surface area contributed by atoms with Crippen LogP contribution in [0.2, 0.25) is 0 Å². The molecule has 0 aromatic heterocycles. The predicted molar refractivity (Wildman–Crippen MR) is 79.1 cm³/mol. The number of hydrogen-bond acceptors (Lipinski definition) is 2. The predicted octanol–water partition coefficient (Wildman–Crippen LogP) is 2.94. The Morgan fingerprint density at radius 1 is 1.29 bits per heavy atom. The number of likely N-dealkylation sites (tertiary alicyclic amines) is 1. The molecule has 1 unspecified atom stereocenters. The molecule has 3 nitrogen and oxygen atoms in total. The molecule has 21 heavy (non-hydrogen) atoms. The van der Waals surface area contributed by atoms with Gasteiger partial charge in [-0.2, -0.15) is 0 Å². The molecule has 0 bridgehead atoms. The average molecular weight is 359 g/mol. The molecule has 1 aliphatic heterocycles. The molecular formula is C15H17BrF2N2O. The highest BCUT2D eigenvalue weighted by Crippen LogP contribution is 2.31. The van der Waals surface area contributed by atoms with Crippen LogP contribution in [0.1, 0.15) is 29.6 Å². The lowest BCUT2D eigenvalue weighted by Crippen LogP contribution is -2.32. The van der Waals surface area contributed by atoms with Crippen LogP contribution in [0.5, 0.6) is 0 Å². The molecule has 6 heteroatoms. The highest BCUT2D eigenvalue weighted by Gasteiger charge is 2.34. The van der Waals surface area contributed by atoms with Crippen molar-refractivity contribution >= 4 is 21.8 Å². The van der Waals surface area contributed by atoms with Gasteiger partial charge < -0.3 is 10.2 Å². The number of benzene rings is 1. The Morgan fingerprint density at radius 3 is 2.57 bits per heavy atom. The molecule has 1 aromatic carbocycles. The Morgan fingerprint density at radius 2 is 1.95 bits per heavy atom. The maximum atomic E-state index is 13.7. The Hall–Kier alpha value is -1.01. The van der Waals surface area contributed by atoms with Gasteiger partial charge in [0.05, 0.1) is 0 Å². The van der Waals surface area contributed by atoms with Crippen LogP contribution in [-0.2, 0) is 0 Å². The lowest BCUT2D eigenvalue weighted by molar-refractivity contribution is 0.0939. The van der Waals surface area contributed by atoms with Gasteiger partial charge in [0.1, 0.15) is 17.2 Å². The Kier molecular flexibility index (Phi) is 4.26. The molecule has 1 amide bonds. The summed E-state index contributed by atoms with van der Waals surface area (Å²) in [5.74, 6) is -1.99. The van der Waals surface area contributed by atoms with Crippen LogP contribution in [0.4, 0.5) is 8.78 Å². The van der Waals surface area contributed by atoms with E-state index in [9.17, 15) is 13.6 Å². The van der Waals surface area contributed by atoms with Crippen LogP contribution < -0.4 is 5.32 Å². The lowest BCUT2D eigenvalue weighted by atomic mass is 10.1. The van der Waals surface area contributed by atoms with Crippen LogP contribution in [0.3, 0.4) is 0 Å². The van der Waals surface area contributed by atoms with Gasteiger partial charge >= 0.3 is 0 Å². The van der Waals surface area contributed by atoms with Gasteiger partial charge in [-0.05, 0) is 43.9 Å². The van der Waals surface area contributed by atoms with Gasteiger partial charge in [0, 0.05) is 23.6 Å². The van der Waals surface area contributed by atoms with Gasteiger partial charge in [-0.3, -0.25) is 4.79 Å². The Balaban J connectivity index is 1.57. The summed E-state index contributed by atoms with van der Waals surface area (Å²) in [6.45, 7) is 2.50. The third-order valence-corrected chi connectivity index (χ3v) is 4.62. The topological polar surface area (TPSA) is 32.3 Å². The molecule has 2 fully saturated rings. The minimum absolute atomic E-state index is 0.282. The van der Waals surface area contributed by atoms with E-state index in [1.165, 1.54) is 12.8 Å². The van der Waals surface area contributed by atoms with E-state index in [1.807, 2.05) is 0 Å². The van der Waals surface area contributed by atoms with Crippen molar-refractivity contribution in [2.45, 2.75) is 25.3 Å². The molecule has 114 valence electrons. The molecule has 1 saturated heterocycles. The summed E-state index contributed by atoms with van der Waals surface area (Å²) in [7, 11) is 0. The fourth-order valence-electron chi connectivity index (χ4n) is 2.89. The molecule has 1 atom stereocenters. The second kappa shape index (κ2) is 6.01. The first-order valence-corrected chi connectivity index (χ1v) is 8.00. The van der Waals surface area contributed by atoms with Crippen molar-refractivity contribution in [1.29, 1.82) is 0 Å². The second-order valence-electron chi connectivity index (χ2n) is 5.84. The first kappa shape index (κ1) is 14.9. The molecule has 2 aliphatic rings. The molecule has 1 saturated carbocycles. The van der Waals surface area contributed by atoms with E-state index < -0.39 is 23.1 Å². The van der Waals surface area contributed by atoms with Gasteiger partial charge in [0.25, 0.3) is 5.91 Å². The van der Waals surface area contributed by atoms with E-state index in [4.69, 9.17) is 0 Å². The van der Waals surface area contributed by atoms with Crippen molar-refractivity contribution in [2.75, 3.05) is 19.6 Å². The van der Waals surface area contributed by atoms with Crippen molar-refractivity contribution in [2.24, 2.45) is 5.92 Å². The van der Waals surface area contributed by atoms with Gasteiger partial charge in [-0.25, -0.2) is 8.78 Å². The first-order valence-electron chi connectivity index (χ1n) is 7.21. The fraction of sp³-hybridized carbons (Fsp3) is 0.533. The van der Waals surface area contributed by atoms with Crippen LogP contribution in [0.25, 0.3) is 0 Å². The normalized spacial score (nSPS) is 22.5. The molecule has 1 aromatic rings. The third-order valence-electron chi connectivity index (χ3n) is 4.17. The summed E-state index contributed by atoms with van der Waals surface area (Å²) >= 11 is 3.00. The van der Waals surface area contributed by atoms with Gasteiger partial charge in [-0.1, -0.05) is 15.9 Å². The highest BCUT2D eigenvalue weighted by atomic mass is 79.9. The largest absolute Gasteiger partial charge is 0.352 e. The van der Waals surface area contributed by atoms with E-state index in [2.05, 4.69) is 26.1 Å². The fourth-order valence-corrected chi connectivity index (χ4v) is 3.29. The number of carbonyl (C=O) groups excluding carboxylic acids is 1. The van der Waals surface area contributed by atoms with Crippen molar-refractivity contribution in [3.63, 3.8) is 0 Å². The summed E-state index contributed by atoms with van der Waals surface area (Å²) in [6.07, 6.45) is 3.57. The van der Waals surface area contributed by atoms with Crippen molar-refractivity contribution in [3.05, 3.63) is 33.8 Å². The Labute approximate surface area is 130 Å². The highest BCUT2D eigenvalue weighted by molar-refractivity contribution is 9.10. The maximum Gasteiger partial charge on any atom is 0.257 e. The zero-order valence-electron chi connectivity index (χ0n) is 11.5. The van der Waals surface area contributed by atoms with Crippen molar-refractivity contribution in [1.82, 2.24) is 10.2 Å². The van der Waals surface area contributed by atoms with Crippen LogP contribution in [0.15, 0.2) is 16.6 Å². The van der Waals surface area contributed by atoms with Crippen molar-refractivity contribution < 1.29 is 13.6 Å². The van der Waals surface area contributed by atoms with E-state index in [1.54, 1.807) is 0 Å². The average Bonchev–Trinajstić information content (AvgIpc) is 3.14. The smallest absolute Gasteiger partial charge is 0.257 e. The standard InChI is InChI=1S/C15H17BrF2N2O/c16-10-5-12(17)14(13(18)6-10)15(21)19-7-9-3-4-20(8-9)11-1-2-11/h5-6,9,11H,1-4,7-8H2,(H,19,21). The van der Waals surface area contributed by atoms with E-state index >= 15 is 0 Å². The Bertz CT molecular complexity index is 540. The number of amides is 1. The molecule has 0 spiro atoms. The number of nitrogens with zero attached hydrogens (tertiary/aromatic N) is 1. The van der Waals surface area contributed by atoms with Crippen LogP contribution in [-0.4, -0.2) is 36.5 Å². The summed E-state index contributed by atoms with van der Waals surface area (Å²) in [6, 6.07) is 2.93. The van der Waals surface area contributed by atoms with E-state index in [0.717, 1.165) is 37.7 Å². The molecule has 0 radical (unpaired) electrons. The van der Waals surface area contributed by atoms with Gasteiger partial charge in [0.15, 0.2) is 0 Å². The van der Waals surface area contributed by atoms with Gasteiger partial charge in [-0.15, -0.1) is 0 Å². The SMILES string of the molecule is O=C(NCC1CCN(C2CC2)C1)c1c(F)cc(Br)cc1F. The summed E-state index contributed by atoms with van der Waals surface area (Å²) < 4.78 is 27.7. The second-order valence-corrected chi connectivity index (χ2v) is 6.75. The zero-order valence-corrected chi connectivity index (χ0v) is 13.1. The lowest BCUT2D eigenvalue weighted by Gasteiger charge is -2.15. The molecule has 1 aliphatic carbocycles. The summed E-state index contributed by atoms with van der Waals surface area (Å²) in [5.41, 5.74) is -0.504. The molecule has 1 heterocycles. The number of halogens is 3. The number of rotatable bonds is 4. The van der Waals surface area contributed by atoms with Crippen LogP contribution >= 0.6 is 15.9 Å². The summed E-state index contributed by atoms with van der Waals surface area (Å²) in [4.78, 5) is 14.4. The third kappa shape index (κ3) is 3.43. The number of hydrogen-bond donors (Lipinski definition) is 1. The molecular weight excluding hydrogens is 342 g/mol. The minimum atomic E-state index is -0.842. The number of nitrogens with one attached hydrogen (secondary N) is 1. The quantitative estimate of drug-likeness (QED) is 0.897. The summed E-state index contributed by atoms with van der Waals surface area (Å²) in [5, 5.41) is 2.66. The van der Waals surface area contributed by atoms with E-state index in [-0.39, 0.29) is 4.47 Å². The molecule has 1 N–H and O–H groups in total. The first-order chi connectivity index (χ1) is 10.0. The van der Waals surface area contributed by atoms with Crippen LogP contribution in [0, 0.1) is 17.6 Å². The number of carbonyl (C=O) groups is 1. The molecule has 3 rings (SSSR count). The zero-order chi connectivity index (χ0) is 15.0.